The van der Waals surface area contributed by atoms with Gasteiger partial charge in [-0.2, -0.15) is 0 Å². The van der Waals surface area contributed by atoms with E-state index in [1.165, 1.54) is 0 Å². The lowest BCUT2D eigenvalue weighted by Crippen LogP contribution is -2.62. The van der Waals surface area contributed by atoms with E-state index in [4.69, 9.17) is 18.9 Å². The molecule has 4 unspecified atom stereocenters. The van der Waals surface area contributed by atoms with Crippen molar-refractivity contribution in [1.29, 1.82) is 0 Å². The Morgan fingerprint density at radius 1 is 0.875 bits per heavy atom. The van der Waals surface area contributed by atoms with Gasteiger partial charge in [0.15, 0.2) is 11.6 Å². The van der Waals surface area contributed by atoms with Gasteiger partial charge in [-0.25, -0.2) is 0 Å². The quantitative estimate of drug-likeness (QED) is 0.745. The first-order valence-electron chi connectivity index (χ1n) is 5.91. The molecular weight excluding hydrogens is 208 g/mol. The highest BCUT2D eigenvalue weighted by Crippen LogP contribution is 2.38. The second kappa shape index (κ2) is 5.00. The van der Waals surface area contributed by atoms with E-state index in [0.717, 1.165) is 12.8 Å². The average molecular weight is 232 g/mol. The highest BCUT2D eigenvalue weighted by atomic mass is 16.8. The molecule has 0 amide bonds. The molecular formula is C12H24O4. The maximum absolute atomic E-state index is 6.01. The molecule has 0 aliphatic carbocycles. The van der Waals surface area contributed by atoms with E-state index in [9.17, 15) is 0 Å². The molecule has 1 fully saturated rings. The van der Waals surface area contributed by atoms with Crippen LogP contribution < -0.4 is 0 Å². The Morgan fingerprint density at radius 2 is 1.19 bits per heavy atom. The first kappa shape index (κ1) is 13.9. The van der Waals surface area contributed by atoms with Crippen LogP contribution in [0.25, 0.3) is 0 Å². The van der Waals surface area contributed by atoms with E-state index in [1.54, 1.807) is 14.2 Å². The summed E-state index contributed by atoms with van der Waals surface area (Å²) < 4.78 is 22.9. The van der Waals surface area contributed by atoms with Gasteiger partial charge in [-0.05, 0) is 26.7 Å². The maximum atomic E-state index is 6.01. The second-order valence-electron chi connectivity index (χ2n) is 4.47. The van der Waals surface area contributed by atoms with Gasteiger partial charge in [-0.1, -0.05) is 13.8 Å². The van der Waals surface area contributed by atoms with Gasteiger partial charge in [0.25, 0.3) is 0 Å². The summed E-state index contributed by atoms with van der Waals surface area (Å²) >= 11 is 0. The summed E-state index contributed by atoms with van der Waals surface area (Å²) in [7, 11) is 3.29. The van der Waals surface area contributed by atoms with Crippen LogP contribution in [0.2, 0.25) is 0 Å². The number of ether oxygens (including phenoxy) is 4. The summed E-state index contributed by atoms with van der Waals surface area (Å²) in [6, 6.07) is 0. The zero-order valence-electron chi connectivity index (χ0n) is 11.2. The molecule has 1 heterocycles. The van der Waals surface area contributed by atoms with Crippen LogP contribution in [0.4, 0.5) is 0 Å². The van der Waals surface area contributed by atoms with Gasteiger partial charge in [0.1, 0.15) is 12.2 Å². The van der Waals surface area contributed by atoms with Gasteiger partial charge in [-0.3, -0.25) is 0 Å². The van der Waals surface area contributed by atoms with Crippen LogP contribution in [0.5, 0.6) is 0 Å². The minimum Gasteiger partial charge on any atom is -0.351 e. The normalized spacial score (nSPS) is 44.6. The Kier molecular flexibility index (Phi) is 4.35. The third kappa shape index (κ3) is 2.25. The van der Waals surface area contributed by atoms with Crippen molar-refractivity contribution in [2.45, 2.75) is 64.3 Å². The maximum Gasteiger partial charge on any atom is 0.192 e. The van der Waals surface area contributed by atoms with E-state index in [1.807, 2.05) is 27.7 Å². The summed E-state index contributed by atoms with van der Waals surface area (Å²) in [6.45, 7) is 7.93. The molecule has 0 N–H and O–H groups in total. The molecule has 96 valence electrons. The molecule has 0 spiro atoms. The van der Waals surface area contributed by atoms with Crippen molar-refractivity contribution >= 4 is 0 Å². The van der Waals surface area contributed by atoms with E-state index in [0.29, 0.717) is 0 Å². The van der Waals surface area contributed by atoms with Crippen LogP contribution in [0.1, 0.15) is 40.5 Å². The SMILES string of the molecule is CCC1OC(C)(OC)C(CC)OC1(C)OC. The van der Waals surface area contributed by atoms with Gasteiger partial charge >= 0.3 is 0 Å². The number of methoxy groups -OCH3 is 2. The fourth-order valence-corrected chi connectivity index (χ4v) is 2.20. The Labute approximate surface area is 98.2 Å². The fourth-order valence-electron chi connectivity index (χ4n) is 2.20. The zero-order chi connectivity index (χ0) is 12.4. The highest BCUT2D eigenvalue weighted by molar-refractivity contribution is 4.89. The predicted octanol–water partition coefficient (Wildman–Crippen LogP) is 2.32. The summed E-state index contributed by atoms with van der Waals surface area (Å²) in [6.07, 6.45) is 1.40. The van der Waals surface area contributed by atoms with Crippen LogP contribution in [0, 0.1) is 0 Å². The van der Waals surface area contributed by atoms with Crippen LogP contribution in [-0.2, 0) is 18.9 Å². The molecule has 0 aromatic rings. The van der Waals surface area contributed by atoms with Crippen molar-refractivity contribution in [1.82, 2.24) is 0 Å². The van der Waals surface area contributed by atoms with Crippen LogP contribution in [-0.4, -0.2) is 38.0 Å². The number of hydrogen-bond donors (Lipinski definition) is 0. The van der Waals surface area contributed by atoms with Crippen molar-refractivity contribution in [2.24, 2.45) is 0 Å². The lowest BCUT2D eigenvalue weighted by molar-refractivity contribution is -0.423. The minimum absolute atomic E-state index is 0.120. The molecule has 0 saturated carbocycles. The highest BCUT2D eigenvalue weighted by Gasteiger charge is 2.52. The molecule has 1 aliphatic heterocycles. The zero-order valence-corrected chi connectivity index (χ0v) is 11.2. The number of rotatable bonds is 4. The Morgan fingerprint density at radius 3 is 1.38 bits per heavy atom. The molecule has 0 radical (unpaired) electrons. The van der Waals surface area contributed by atoms with Crippen molar-refractivity contribution in [2.75, 3.05) is 14.2 Å². The third-order valence-electron chi connectivity index (χ3n) is 3.47. The minimum atomic E-state index is -0.687. The van der Waals surface area contributed by atoms with E-state index >= 15 is 0 Å². The predicted molar refractivity (Wildman–Crippen MR) is 61.2 cm³/mol. The first-order chi connectivity index (χ1) is 7.45. The molecule has 4 atom stereocenters. The molecule has 1 saturated heterocycles. The van der Waals surface area contributed by atoms with Crippen molar-refractivity contribution in [3.8, 4) is 0 Å². The molecule has 4 heteroatoms. The molecule has 1 rings (SSSR count). The molecule has 4 nitrogen and oxygen atoms in total. The Hall–Kier alpha value is -0.160. The van der Waals surface area contributed by atoms with Crippen LogP contribution in [0.15, 0.2) is 0 Å². The lowest BCUT2D eigenvalue weighted by atomic mass is 10.0. The smallest absolute Gasteiger partial charge is 0.192 e. The molecule has 16 heavy (non-hydrogen) atoms. The Bertz CT molecular complexity index is 209. The molecule has 0 aromatic carbocycles. The van der Waals surface area contributed by atoms with Crippen LogP contribution in [0.3, 0.4) is 0 Å². The van der Waals surface area contributed by atoms with Gasteiger partial charge in [0.2, 0.25) is 0 Å². The summed E-state index contributed by atoms with van der Waals surface area (Å²) in [4.78, 5) is 0. The van der Waals surface area contributed by atoms with Crippen molar-refractivity contribution < 1.29 is 18.9 Å². The summed E-state index contributed by atoms with van der Waals surface area (Å²) in [5.74, 6) is -1.37. The average Bonchev–Trinajstić information content (AvgIpc) is 2.31. The molecule has 0 aromatic heterocycles. The van der Waals surface area contributed by atoms with E-state index in [-0.39, 0.29) is 12.2 Å². The largest absolute Gasteiger partial charge is 0.351 e. The fraction of sp³-hybridized carbons (Fsp3) is 1.00. The van der Waals surface area contributed by atoms with Gasteiger partial charge in [0.05, 0.1) is 0 Å². The molecule has 1 aliphatic rings. The Balaban J connectivity index is 2.92. The topological polar surface area (TPSA) is 36.9 Å². The standard InChI is InChI=1S/C12H24O4/c1-7-9-11(3,13-5)16-10(8-2)12(4,14-6)15-9/h9-10H,7-8H2,1-6H3. The van der Waals surface area contributed by atoms with Gasteiger partial charge in [-0.15, -0.1) is 0 Å². The van der Waals surface area contributed by atoms with Crippen LogP contribution >= 0.6 is 0 Å². The third-order valence-corrected chi connectivity index (χ3v) is 3.47. The van der Waals surface area contributed by atoms with Gasteiger partial charge < -0.3 is 18.9 Å². The van der Waals surface area contributed by atoms with E-state index < -0.39 is 11.6 Å². The number of hydrogen-bond acceptors (Lipinski definition) is 4. The summed E-state index contributed by atoms with van der Waals surface area (Å²) in [5, 5.41) is 0. The van der Waals surface area contributed by atoms with E-state index in [2.05, 4.69) is 0 Å². The lowest BCUT2D eigenvalue weighted by Gasteiger charge is -2.51. The summed E-state index contributed by atoms with van der Waals surface area (Å²) in [5.41, 5.74) is 0. The molecule has 0 bridgehead atoms. The second-order valence-corrected chi connectivity index (χ2v) is 4.47. The first-order valence-corrected chi connectivity index (χ1v) is 5.91. The van der Waals surface area contributed by atoms with Crippen molar-refractivity contribution in [3.05, 3.63) is 0 Å². The van der Waals surface area contributed by atoms with Crippen molar-refractivity contribution in [3.63, 3.8) is 0 Å². The van der Waals surface area contributed by atoms with Gasteiger partial charge in [0, 0.05) is 14.2 Å². The monoisotopic (exact) mass is 232 g/mol.